The van der Waals surface area contributed by atoms with Crippen LogP contribution in [0.5, 0.6) is 0 Å². The fourth-order valence-corrected chi connectivity index (χ4v) is 3.87. The number of hydrogen-bond acceptors (Lipinski definition) is 4. The molecule has 3 aliphatic rings. The molecule has 6 heteroatoms. The molecule has 1 aromatic heterocycles. The van der Waals surface area contributed by atoms with E-state index in [9.17, 15) is 9.90 Å². The molecule has 2 atom stereocenters. The lowest BCUT2D eigenvalue weighted by atomic mass is 9.98. The molecule has 0 bridgehead atoms. The van der Waals surface area contributed by atoms with E-state index >= 15 is 0 Å². The first-order chi connectivity index (χ1) is 10.5. The minimum absolute atomic E-state index is 0.0505. The van der Waals surface area contributed by atoms with E-state index in [-0.39, 0.29) is 17.9 Å². The summed E-state index contributed by atoms with van der Waals surface area (Å²) in [6, 6.07) is 0. The molecule has 1 amide bonds. The maximum atomic E-state index is 12.8. The third kappa shape index (κ3) is 2.25. The summed E-state index contributed by atoms with van der Waals surface area (Å²) in [7, 11) is 3.92. The van der Waals surface area contributed by atoms with Gasteiger partial charge in [0.15, 0.2) is 0 Å². The summed E-state index contributed by atoms with van der Waals surface area (Å²) in [5, 5.41) is 15.2. The largest absolute Gasteiger partial charge is 0.392 e. The summed E-state index contributed by atoms with van der Waals surface area (Å²) in [6.45, 7) is 3.05. The summed E-state index contributed by atoms with van der Waals surface area (Å²) >= 11 is 0. The van der Waals surface area contributed by atoms with Gasteiger partial charge in [-0.2, -0.15) is 5.10 Å². The molecular weight excluding hydrogens is 280 g/mol. The molecule has 2 unspecified atom stereocenters. The van der Waals surface area contributed by atoms with Gasteiger partial charge >= 0.3 is 0 Å². The van der Waals surface area contributed by atoms with Gasteiger partial charge in [0.05, 0.1) is 11.8 Å². The molecule has 1 aromatic rings. The first kappa shape index (κ1) is 14.2. The van der Waals surface area contributed by atoms with Gasteiger partial charge in [0.2, 0.25) is 0 Å². The van der Waals surface area contributed by atoms with Crippen molar-refractivity contribution in [3.8, 4) is 0 Å². The van der Waals surface area contributed by atoms with E-state index < -0.39 is 0 Å². The predicted octanol–water partition coefficient (Wildman–Crippen LogP) is 0.344. The number of likely N-dealkylation sites (N-methyl/N-ethyl adjacent to an activating group) is 1. The summed E-state index contributed by atoms with van der Waals surface area (Å²) < 4.78 is 1.88. The van der Waals surface area contributed by atoms with Crippen molar-refractivity contribution in [2.75, 3.05) is 27.2 Å². The van der Waals surface area contributed by atoms with Gasteiger partial charge in [-0.25, -0.2) is 0 Å². The van der Waals surface area contributed by atoms with Crippen LogP contribution in [0.25, 0.3) is 0 Å². The van der Waals surface area contributed by atoms with Crippen LogP contribution in [0.2, 0.25) is 0 Å². The van der Waals surface area contributed by atoms with Gasteiger partial charge in [0.1, 0.15) is 5.69 Å². The summed E-state index contributed by atoms with van der Waals surface area (Å²) in [6.07, 6.45) is 2.81. The molecule has 4 rings (SSSR count). The first-order valence-corrected chi connectivity index (χ1v) is 8.25. The summed E-state index contributed by atoms with van der Waals surface area (Å²) in [4.78, 5) is 16.8. The average Bonchev–Trinajstić information content (AvgIpc) is 3.28. The molecule has 6 nitrogen and oxygen atoms in total. The Morgan fingerprint density at radius 1 is 1.23 bits per heavy atom. The molecular formula is C16H24N4O2. The Morgan fingerprint density at radius 3 is 2.73 bits per heavy atom. The van der Waals surface area contributed by atoms with Crippen LogP contribution in [0.1, 0.15) is 34.6 Å². The van der Waals surface area contributed by atoms with Crippen molar-refractivity contribution < 1.29 is 9.90 Å². The molecule has 120 valence electrons. The minimum Gasteiger partial charge on any atom is -0.392 e. The fourth-order valence-electron chi connectivity index (χ4n) is 3.87. The number of aliphatic hydroxyl groups excluding tert-OH is 1. The number of fused-ring (bicyclic) bond motifs is 3. The first-order valence-electron chi connectivity index (χ1n) is 8.25. The Labute approximate surface area is 130 Å². The van der Waals surface area contributed by atoms with E-state index in [2.05, 4.69) is 11.9 Å². The van der Waals surface area contributed by atoms with Crippen molar-refractivity contribution in [2.45, 2.75) is 38.5 Å². The topological polar surface area (TPSA) is 61.6 Å². The summed E-state index contributed by atoms with van der Waals surface area (Å²) in [5.74, 6) is 0.558. The molecule has 1 N–H and O–H groups in total. The number of nitrogens with zero attached hydrogens (tertiary/aromatic N) is 4. The lowest BCUT2D eigenvalue weighted by Gasteiger charge is -2.25. The van der Waals surface area contributed by atoms with Crippen LogP contribution in [-0.2, 0) is 19.5 Å². The highest BCUT2D eigenvalue weighted by Crippen LogP contribution is 2.37. The second-order valence-electron chi connectivity index (χ2n) is 7.22. The Kier molecular flexibility index (Phi) is 3.27. The van der Waals surface area contributed by atoms with Crippen molar-refractivity contribution in [1.82, 2.24) is 19.6 Å². The van der Waals surface area contributed by atoms with E-state index in [0.717, 1.165) is 49.3 Å². The number of aromatic nitrogens is 2. The zero-order chi connectivity index (χ0) is 15.4. The Bertz CT molecular complexity index is 608. The van der Waals surface area contributed by atoms with Gasteiger partial charge in [-0.1, -0.05) is 0 Å². The highest BCUT2D eigenvalue weighted by molar-refractivity contribution is 5.94. The molecule has 1 fully saturated rings. The number of aliphatic hydroxyl groups is 1. The van der Waals surface area contributed by atoms with Crippen molar-refractivity contribution in [3.05, 3.63) is 17.0 Å². The van der Waals surface area contributed by atoms with Crippen LogP contribution in [0.4, 0.5) is 0 Å². The smallest absolute Gasteiger partial charge is 0.272 e. The maximum absolute atomic E-state index is 12.8. The SMILES string of the molecule is CN1CCc2nn3c(c2C1)C(=O)N(C)CC(C(O)C1CC1)C3. The van der Waals surface area contributed by atoms with Crippen LogP contribution >= 0.6 is 0 Å². The third-order valence-corrected chi connectivity index (χ3v) is 5.35. The number of amides is 1. The van der Waals surface area contributed by atoms with E-state index in [1.165, 1.54) is 0 Å². The average molecular weight is 304 g/mol. The van der Waals surface area contributed by atoms with E-state index in [1.54, 1.807) is 4.90 Å². The zero-order valence-corrected chi connectivity index (χ0v) is 13.3. The van der Waals surface area contributed by atoms with Crippen LogP contribution in [0, 0.1) is 11.8 Å². The summed E-state index contributed by atoms with van der Waals surface area (Å²) in [5.41, 5.74) is 2.90. The number of carbonyl (C=O) groups excluding carboxylic acids is 1. The fraction of sp³-hybridized carbons (Fsp3) is 0.750. The van der Waals surface area contributed by atoms with Crippen LogP contribution in [-0.4, -0.2) is 63.9 Å². The van der Waals surface area contributed by atoms with E-state index in [1.807, 2.05) is 11.7 Å². The van der Waals surface area contributed by atoms with Gasteiger partial charge in [-0.05, 0) is 25.8 Å². The zero-order valence-electron chi connectivity index (χ0n) is 13.3. The van der Waals surface area contributed by atoms with Crippen LogP contribution < -0.4 is 0 Å². The number of rotatable bonds is 2. The Morgan fingerprint density at radius 2 is 2.00 bits per heavy atom. The highest BCUT2D eigenvalue weighted by atomic mass is 16.3. The lowest BCUT2D eigenvalue weighted by Crippen LogP contribution is -2.36. The quantitative estimate of drug-likeness (QED) is 0.856. The molecule has 2 aliphatic heterocycles. The molecule has 1 saturated carbocycles. The maximum Gasteiger partial charge on any atom is 0.272 e. The van der Waals surface area contributed by atoms with Gasteiger partial charge in [-0.3, -0.25) is 9.48 Å². The Hall–Kier alpha value is -1.40. The van der Waals surface area contributed by atoms with Crippen molar-refractivity contribution in [1.29, 1.82) is 0 Å². The molecule has 0 radical (unpaired) electrons. The van der Waals surface area contributed by atoms with Crippen molar-refractivity contribution in [2.24, 2.45) is 11.8 Å². The predicted molar refractivity (Wildman–Crippen MR) is 81.4 cm³/mol. The van der Waals surface area contributed by atoms with Crippen molar-refractivity contribution >= 4 is 5.91 Å². The second kappa shape index (κ2) is 5.06. The standard InChI is InChI=1S/C16H24N4O2/c1-18-6-5-13-12(9-18)14-16(22)19(2)7-11(8-20(14)17-13)15(21)10-3-4-10/h10-11,15,21H,3-9H2,1-2H3. The van der Waals surface area contributed by atoms with E-state index in [4.69, 9.17) is 5.10 Å². The van der Waals surface area contributed by atoms with E-state index in [0.29, 0.717) is 19.0 Å². The number of hydrogen-bond donors (Lipinski definition) is 1. The minimum atomic E-state index is -0.315. The van der Waals surface area contributed by atoms with Crippen LogP contribution in [0.15, 0.2) is 0 Å². The molecule has 3 heterocycles. The molecule has 22 heavy (non-hydrogen) atoms. The van der Waals surface area contributed by atoms with Gasteiger partial charge in [0, 0.05) is 51.1 Å². The van der Waals surface area contributed by atoms with Crippen molar-refractivity contribution in [3.63, 3.8) is 0 Å². The van der Waals surface area contributed by atoms with Crippen LogP contribution in [0.3, 0.4) is 0 Å². The van der Waals surface area contributed by atoms with Gasteiger partial charge in [-0.15, -0.1) is 0 Å². The molecule has 0 saturated heterocycles. The lowest BCUT2D eigenvalue weighted by molar-refractivity contribution is 0.0545. The highest BCUT2D eigenvalue weighted by Gasteiger charge is 2.40. The van der Waals surface area contributed by atoms with Gasteiger partial charge in [0.25, 0.3) is 5.91 Å². The Balaban J connectivity index is 1.71. The molecule has 0 spiro atoms. The monoisotopic (exact) mass is 304 g/mol. The number of carbonyl (C=O) groups is 1. The second-order valence-corrected chi connectivity index (χ2v) is 7.22. The molecule has 0 aromatic carbocycles. The normalized spacial score (nSPS) is 27.3. The molecule has 1 aliphatic carbocycles. The van der Waals surface area contributed by atoms with Gasteiger partial charge < -0.3 is 14.9 Å². The third-order valence-electron chi connectivity index (χ3n) is 5.35.